The van der Waals surface area contributed by atoms with Crippen LogP contribution in [-0.4, -0.2) is 54.2 Å². The minimum absolute atomic E-state index is 0.237. The minimum Gasteiger partial charge on any atom is -0.371 e. The molecule has 21 heavy (non-hydrogen) atoms. The van der Waals surface area contributed by atoms with Crippen molar-refractivity contribution in [1.82, 2.24) is 4.90 Å². The smallest absolute Gasteiger partial charge is 0.0366 e. The van der Waals surface area contributed by atoms with E-state index in [1.807, 2.05) is 0 Å². The molecule has 2 N–H and O–H groups in total. The number of hydrogen-bond donors (Lipinski definition) is 1. The molecule has 0 spiro atoms. The molecule has 0 bridgehead atoms. The lowest BCUT2D eigenvalue weighted by atomic mass is 9.85. The van der Waals surface area contributed by atoms with E-state index in [1.165, 1.54) is 37.4 Å². The van der Waals surface area contributed by atoms with Crippen molar-refractivity contribution in [1.29, 1.82) is 0 Å². The van der Waals surface area contributed by atoms with Crippen LogP contribution in [0.15, 0.2) is 30.3 Å². The summed E-state index contributed by atoms with van der Waals surface area (Å²) in [5.74, 6) is 1.26. The molecule has 4 heteroatoms. The summed E-state index contributed by atoms with van der Waals surface area (Å²) in [7, 11) is 0. The lowest BCUT2D eigenvalue weighted by Gasteiger charge is -2.51. The van der Waals surface area contributed by atoms with Gasteiger partial charge in [-0.05, 0) is 25.0 Å². The molecule has 1 aromatic carbocycles. The third-order valence-corrected chi connectivity index (χ3v) is 6.24. The Balaban J connectivity index is 1.67. The zero-order valence-electron chi connectivity index (χ0n) is 13.0. The molecule has 2 aliphatic rings. The highest BCUT2D eigenvalue weighted by molar-refractivity contribution is 7.99. The number of anilines is 1. The molecule has 2 fully saturated rings. The van der Waals surface area contributed by atoms with Crippen molar-refractivity contribution < 1.29 is 0 Å². The van der Waals surface area contributed by atoms with E-state index in [2.05, 4.69) is 58.8 Å². The van der Waals surface area contributed by atoms with E-state index in [0.29, 0.717) is 0 Å². The number of para-hydroxylation sites is 1. The molecule has 1 aromatic rings. The summed E-state index contributed by atoms with van der Waals surface area (Å²) in [6, 6.07) is 10.8. The van der Waals surface area contributed by atoms with E-state index in [9.17, 15) is 0 Å². The largest absolute Gasteiger partial charge is 0.371 e. The Morgan fingerprint density at radius 1 is 1.19 bits per heavy atom. The first-order chi connectivity index (χ1) is 10.2. The molecule has 0 saturated carbocycles. The van der Waals surface area contributed by atoms with Gasteiger partial charge in [0.15, 0.2) is 0 Å². The van der Waals surface area contributed by atoms with Gasteiger partial charge in [-0.25, -0.2) is 0 Å². The number of thioether (sulfide) groups is 1. The molecule has 0 aromatic heterocycles. The molecule has 1 unspecified atom stereocenters. The highest BCUT2D eigenvalue weighted by atomic mass is 32.2. The fourth-order valence-corrected chi connectivity index (χ4v) is 4.73. The molecule has 3 nitrogen and oxygen atoms in total. The first-order valence-corrected chi connectivity index (χ1v) is 9.15. The van der Waals surface area contributed by atoms with Crippen LogP contribution in [0.3, 0.4) is 0 Å². The van der Waals surface area contributed by atoms with Crippen molar-refractivity contribution in [3.05, 3.63) is 30.3 Å². The van der Waals surface area contributed by atoms with Gasteiger partial charge >= 0.3 is 0 Å². The van der Waals surface area contributed by atoms with Crippen LogP contribution in [0.4, 0.5) is 5.69 Å². The summed E-state index contributed by atoms with van der Waals surface area (Å²) in [6.45, 7) is 7.80. The fourth-order valence-electron chi connectivity index (χ4n) is 3.72. The maximum absolute atomic E-state index is 6.23. The minimum atomic E-state index is 0.237. The number of hydrogen-bond acceptors (Lipinski definition) is 4. The van der Waals surface area contributed by atoms with Crippen LogP contribution < -0.4 is 10.6 Å². The Morgan fingerprint density at radius 2 is 1.90 bits per heavy atom. The van der Waals surface area contributed by atoms with Crippen LogP contribution in [0.1, 0.15) is 19.8 Å². The summed E-state index contributed by atoms with van der Waals surface area (Å²) in [5, 5.41) is 0.745. The van der Waals surface area contributed by atoms with Crippen LogP contribution in [0, 0.1) is 0 Å². The van der Waals surface area contributed by atoms with Crippen molar-refractivity contribution >= 4 is 17.4 Å². The topological polar surface area (TPSA) is 32.5 Å². The van der Waals surface area contributed by atoms with E-state index in [-0.39, 0.29) is 5.54 Å². The molecular formula is C17H27N3S. The predicted octanol–water partition coefficient (Wildman–Crippen LogP) is 2.42. The van der Waals surface area contributed by atoms with Gasteiger partial charge in [-0.15, -0.1) is 0 Å². The van der Waals surface area contributed by atoms with E-state index in [1.54, 1.807) is 0 Å². The van der Waals surface area contributed by atoms with E-state index >= 15 is 0 Å². The van der Waals surface area contributed by atoms with Crippen LogP contribution in [0.25, 0.3) is 0 Å². The highest BCUT2D eigenvalue weighted by Crippen LogP contribution is 2.33. The van der Waals surface area contributed by atoms with Gasteiger partial charge in [-0.3, -0.25) is 4.90 Å². The molecule has 2 heterocycles. The first kappa shape index (κ1) is 15.2. The quantitative estimate of drug-likeness (QED) is 0.929. The highest BCUT2D eigenvalue weighted by Gasteiger charge is 2.40. The molecular weight excluding hydrogens is 278 g/mol. The second-order valence-corrected chi connectivity index (χ2v) is 7.92. The Labute approximate surface area is 132 Å². The number of nitrogens with two attached hydrogens (primary N) is 1. The maximum atomic E-state index is 6.23. The summed E-state index contributed by atoms with van der Waals surface area (Å²) in [4.78, 5) is 5.20. The van der Waals surface area contributed by atoms with Crippen LogP contribution in [-0.2, 0) is 0 Å². The Hall–Kier alpha value is -0.710. The summed E-state index contributed by atoms with van der Waals surface area (Å²) in [6.07, 6.45) is 2.38. The average molecular weight is 305 g/mol. The zero-order valence-corrected chi connectivity index (χ0v) is 13.8. The second-order valence-electron chi connectivity index (χ2n) is 6.38. The summed E-state index contributed by atoms with van der Waals surface area (Å²) in [5.41, 5.74) is 7.82. The van der Waals surface area contributed by atoms with Crippen LogP contribution in [0.2, 0.25) is 0 Å². The molecule has 3 rings (SSSR count). The summed E-state index contributed by atoms with van der Waals surface area (Å²) < 4.78 is 0. The molecule has 2 saturated heterocycles. The first-order valence-electron chi connectivity index (χ1n) is 8.10. The number of nitrogens with zero attached hydrogens (tertiary/aromatic N) is 2. The Morgan fingerprint density at radius 3 is 2.52 bits per heavy atom. The normalized spacial score (nSPS) is 26.8. The second kappa shape index (κ2) is 6.59. The molecule has 1 atom stereocenters. The number of benzene rings is 1. The van der Waals surface area contributed by atoms with Gasteiger partial charge in [0, 0.05) is 55.0 Å². The molecule has 0 radical (unpaired) electrons. The Bertz CT molecular complexity index is 443. The van der Waals surface area contributed by atoms with E-state index in [4.69, 9.17) is 5.73 Å². The van der Waals surface area contributed by atoms with Crippen molar-refractivity contribution in [2.45, 2.75) is 30.6 Å². The third kappa shape index (κ3) is 3.22. The predicted molar refractivity (Wildman–Crippen MR) is 93.2 cm³/mol. The van der Waals surface area contributed by atoms with Crippen LogP contribution in [0.5, 0.6) is 0 Å². The van der Waals surface area contributed by atoms with Crippen molar-refractivity contribution in [2.24, 2.45) is 5.73 Å². The van der Waals surface area contributed by atoms with Crippen molar-refractivity contribution in [2.75, 3.05) is 43.4 Å². The Kier molecular flexibility index (Phi) is 4.77. The number of rotatable bonds is 3. The van der Waals surface area contributed by atoms with Gasteiger partial charge in [0.1, 0.15) is 0 Å². The molecule has 2 aliphatic heterocycles. The standard InChI is InChI=1S/C17H27N3S/c1-15-13-20(11-12-21-15)17(14-18)7-9-19(10-8-17)16-5-3-2-4-6-16/h2-6,15H,7-14,18H2,1H3. The van der Waals surface area contributed by atoms with E-state index < -0.39 is 0 Å². The van der Waals surface area contributed by atoms with Gasteiger partial charge in [-0.1, -0.05) is 25.1 Å². The van der Waals surface area contributed by atoms with Gasteiger partial charge in [0.25, 0.3) is 0 Å². The van der Waals surface area contributed by atoms with E-state index in [0.717, 1.165) is 24.9 Å². The lowest BCUT2D eigenvalue weighted by molar-refractivity contribution is 0.0736. The molecule has 0 aliphatic carbocycles. The van der Waals surface area contributed by atoms with Crippen LogP contribution >= 0.6 is 11.8 Å². The molecule has 116 valence electrons. The SMILES string of the molecule is CC1CN(C2(CN)CCN(c3ccccc3)CC2)CCS1. The van der Waals surface area contributed by atoms with Gasteiger partial charge in [0.05, 0.1) is 0 Å². The van der Waals surface area contributed by atoms with Crippen molar-refractivity contribution in [3.63, 3.8) is 0 Å². The lowest BCUT2D eigenvalue weighted by Crippen LogP contribution is -2.62. The average Bonchev–Trinajstić information content (AvgIpc) is 2.56. The monoisotopic (exact) mass is 305 g/mol. The maximum Gasteiger partial charge on any atom is 0.0366 e. The summed E-state index contributed by atoms with van der Waals surface area (Å²) >= 11 is 2.10. The van der Waals surface area contributed by atoms with Crippen molar-refractivity contribution in [3.8, 4) is 0 Å². The molecule has 0 amide bonds. The third-order valence-electron chi connectivity index (χ3n) is 5.11. The van der Waals surface area contributed by atoms with Gasteiger partial charge in [-0.2, -0.15) is 11.8 Å². The number of piperidine rings is 1. The van der Waals surface area contributed by atoms with Gasteiger partial charge < -0.3 is 10.6 Å². The zero-order chi connectivity index (χ0) is 14.7. The van der Waals surface area contributed by atoms with Gasteiger partial charge in [0.2, 0.25) is 0 Å². The fraction of sp³-hybridized carbons (Fsp3) is 0.647.